The third kappa shape index (κ3) is 8.89. The summed E-state index contributed by atoms with van der Waals surface area (Å²) < 4.78 is 5.14. The molecule has 0 amide bonds. The molecule has 0 fully saturated rings. The van der Waals surface area contributed by atoms with Gasteiger partial charge in [-0.15, -0.1) is 0 Å². The largest absolute Gasteiger partial charge is 0.308 e. The van der Waals surface area contributed by atoms with Crippen LogP contribution in [0.5, 0.6) is 0 Å². The van der Waals surface area contributed by atoms with Gasteiger partial charge in [-0.05, 0) is 241 Å². The number of rotatable bonds is 7. The molecule has 0 radical (unpaired) electrons. The van der Waals surface area contributed by atoms with E-state index in [1.54, 1.807) is 0 Å². The first-order chi connectivity index (χ1) is 45.1. The summed E-state index contributed by atoms with van der Waals surface area (Å²) in [7, 11) is 0. The number of benzene rings is 14. The highest BCUT2D eigenvalue weighted by atomic mass is 14.9. The molecule has 2 nitrogen and oxygen atoms in total. The van der Waals surface area contributed by atoms with Crippen molar-refractivity contribution in [2.24, 2.45) is 0 Å². The SMILES string of the molecule is CC(C)(C)c1ccc(-c2ccc3cc4c5cc(C(C)(C)C)cc6c7cc8ccc(-c9ccc(C(C)(C)Cc%10cccc(-c%11ccc%12cc%13c%14cc(C(C)(C)C)cc%15c%16cc%17ccc(-c%18ccccc%18)cc%17cc%16n(c%13cc%12c%11)c%15%14)c%10)cc9)cc8cc7n(c4cc3c2)c56)cc1. The van der Waals surface area contributed by atoms with Gasteiger partial charge in [0.2, 0.25) is 0 Å². The van der Waals surface area contributed by atoms with Crippen molar-refractivity contribution in [3.05, 3.63) is 277 Å². The normalized spacial score (nSPS) is 13.1. The van der Waals surface area contributed by atoms with Crippen molar-refractivity contribution >= 4 is 119 Å². The van der Waals surface area contributed by atoms with Crippen LogP contribution in [0, 0.1) is 0 Å². The van der Waals surface area contributed by atoms with Gasteiger partial charge >= 0.3 is 0 Å². The van der Waals surface area contributed by atoms with Crippen LogP contribution in [0.1, 0.15) is 104 Å². The Balaban J connectivity index is 0.664. The molecule has 14 aromatic carbocycles. The average molecular weight is 1210 g/mol. The first-order valence-electron chi connectivity index (χ1n) is 33.8. The predicted octanol–water partition coefficient (Wildman–Crippen LogP) is 25.7. The predicted molar refractivity (Wildman–Crippen MR) is 407 cm³/mol. The van der Waals surface area contributed by atoms with Crippen molar-refractivity contribution in [3.8, 4) is 44.5 Å². The highest BCUT2D eigenvalue weighted by Crippen LogP contribution is 2.48. The molecule has 0 unspecified atom stereocenters. The fourth-order valence-corrected chi connectivity index (χ4v) is 16.0. The van der Waals surface area contributed by atoms with Crippen LogP contribution in [0.25, 0.3) is 164 Å². The van der Waals surface area contributed by atoms with Gasteiger partial charge in [-0.3, -0.25) is 0 Å². The van der Waals surface area contributed by atoms with E-state index in [0.29, 0.717) is 0 Å². The van der Waals surface area contributed by atoms with E-state index in [2.05, 4.69) is 334 Å². The number of hydrogen-bond acceptors (Lipinski definition) is 0. The van der Waals surface area contributed by atoms with Crippen LogP contribution in [0.2, 0.25) is 0 Å². The molecule has 2 heteroatoms. The Morgan fingerprint density at radius 1 is 0.223 bits per heavy atom. The number of hydrogen-bond donors (Lipinski definition) is 0. The van der Waals surface area contributed by atoms with E-state index >= 15 is 0 Å². The lowest BCUT2D eigenvalue weighted by atomic mass is 9.78. The van der Waals surface area contributed by atoms with E-state index in [0.717, 1.165) is 6.42 Å². The molecule has 0 aliphatic rings. The van der Waals surface area contributed by atoms with Crippen LogP contribution in [-0.2, 0) is 28.1 Å². The number of fused-ring (bicyclic) bond motifs is 16. The molecular weight excluding hydrogens is 1130 g/mol. The first kappa shape index (κ1) is 56.5. The molecule has 0 saturated heterocycles. The molecule has 18 rings (SSSR count). The van der Waals surface area contributed by atoms with Gasteiger partial charge in [0.05, 0.1) is 33.1 Å². The van der Waals surface area contributed by atoms with Gasteiger partial charge in [-0.25, -0.2) is 0 Å². The lowest BCUT2D eigenvalue weighted by Crippen LogP contribution is -2.20. The molecule has 0 bridgehead atoms. The quantitative estimate of drug-likeness (QED) is 0.150. The maximum absolute atomic E-state index is 2.57. The van der Waals surface area contributed by atoms with Gasteiger partial charge < -0.3 is 8.80 Å². The Morgan fingerprint density at radius 3 is 0.894 bits per heavy atom. The summed E-state index contributed by atoms with van der Waals surface area (Å²) in [5.74, 6) is 0. The molecule has 0 N–H and O–H groups in total. The minimum Gasteiger partial charge on any atom is -0.308 e. The van der Waals surface area contributed by atoms with Crippen molar-refractivity contribution in [1.29, 1.82) is 0 Å². The zero-order valence-corrected chi connectivity index (χ0v) is 55.8. The molecule has 4 aromatic heterocycles. The van der Waals surface area contributed by atoms with Crippen LogP contribution < -0.4 is 0 Å². The second-order valence-electron chi connectivity index (χ2n) is 31.3. The van der Waals surface area contributed by atoms with Crippen molar-refractivity contribution in [2.45, 2.75) is 104 Å². The second-order valence-corrected chi connectivity index (χ2v) is 31.3. The van der Waals surface area contributed by atoms with Crippen LogP contribution in [0.15, 0.2) is 249 Å². The molecule has 18 aromatic rings. The van der Waals surface area contributed by atoms with Crippen LogP contribution in [0.3, 0.4) is 0 Å². The summed E-state index contributed by atoms with van der Waals surface area (Å²) in [5.41, 5.74) is 24.3. The Bertz CT molecular complexity index is 6160. The maximum Gasteiger partial charge on any atom is 0.0620 e. The van der Waals surface area contributed by atoms with Crippen molar-refractivity contribution < 1.29 is 0 Å². The standard InChI is InChI=1S/C92H76N2/c1-89(2,3)71-32-28-56(29-33-71)60-21-25-64-42-76-80-50-73(90(4,5)6)51-81-77-43-65-26-22-61(39-69(65)47-85(77)93(87(80)81)84(76)46-68(64)38-60)57-30-34-72(35-31-57)92(10,11)53-54-16-15-19-58(36-54)62-23-27-66-44-78-82-52-74(91(7,8)9)49-79-75-41-63-24-20-59(55-17-13-12-14-18-55)37-67(63)45-83(75)94(88(79)82)86(78)48-70(66)40-62/h12-52H,53H2,1-11H3. The zero-order chi connectivity index (χ0) is 64.1. The molecule has 4 heterocycles. The smallest absolute Gasteiger partial charge is 0.0620 e. The van der Waals surface area contributed by atoms with Crippen LogP contribution in [-0.4, -0.2) is 8.80 Å². The van der Waals surface area contributed by atoms with Crippen molar-refractivity contribution in [3.63, 3.8) is 0 Å². The van der Waals surface area contributed by atoms with Crippen LogP contribution >= 0.6 is 0 Å². The Labute approximate surface area is 550 Å². The van der Waals surface area contributed by atoms with Crippen molar-refractivity contribution in [1.82, 2.24) is 8.80 Å². The fourth-order valence-electron chi connectivity index (χ4n) is 16.0. The van der Waals surface area contributed by atoms with Gasteiger partial charge in [-0.2, -0.15) is 0 Å². The summed E-state index contributed by atoms with van der Waals surface area (Å²) in [6.45, 7) is 25.7. The summed E-state index contributed by atoms with van der Waals surface area (Å²) in [6, 6.07) is 96.1. The molecule has 0 aliphatic heterocycles. The van der Waals surface area contributed by atoms with Gasteiger partial charge in [-0.1, -0.05) is 228 Å². The van der Waals surface area contributed by atoms with E-state index in [-0.39, 0.29) is 21.7 Å². The topological polar surface area (TPSA) is 8.82 Å². The minimum atomic E-state index is -0.108. The van der Waals surface area contributed by atoms with E-state index in [1.165, 1.54) is 192 Å². The minimum absolute atomic E-state index is 0.00372. The third-order valence-corrected chi connectivity index (χ3v) is 21.4. The Morgan fingerprint density at radius 2 is 0.532 bits per heavy atom. The third-order valence-electron chi connectivity index (χ3n) is 21.4. The molecule has 454 valence electrons. The molecule has 94 heavy (non-hydrogen) atoms. The fraction of sp³-hybridized carbons (Fsp3) is 0.174. The highest BCUT2D eigenvalue weighted by molar-refractivity contribution is 6.28. The summed E-state index contributed by atoms with van der Waals surface area (Å²) in [4.78, 5) is 0. The van der Waals surface area contributed by atoms with Gasteiger partial charge in [0.25, 0.3) is 0 Å². The van der Waals surface area contributed by atoms with Gasteiger partial charge in [0.1, 0.15) is 0 Å². The molecular formula is C92H76N2. The first-order valence-corrected chi connectivity index (χ1v) is 33.8. The lowest BCUT2D eigenvalue weighted by molar-refractivity contribution is 0.522. The zero-order valence-electron chi connectivity index (χ0n) is 55.8. The van der Waals surface area contributed by atoms with E-state index in [1.807, 2.05) is 0 Å². The maximum atomic E-state index is 2.57. The molecule has 0 spiro atoms. The monoisotopic (exact) mass is 1210 g/mol. The molecule has 0 atom stereocenters. The Hall–Kier alpha value is -10.3. The number of aromatic nitrogens is 2. The number of nitrogens with zero attached hydrogens (tertiary/aromatic N) is 2. The van der Waals surface area contributed by atoms with E-state index < -0.39 is 0 Å². The lowest BCUT2D eigenvalue weighted by Gasteiger charge is -2.26. The summed E-state index contributed by atoms with van der Waals surface area (Å²) >= 11 is 0. The van der Waals surface area contributed by atoms with Crippen LogP contribution in [0.4, 0.5) is 0 Å². The summed E-state index contributed by atoms with van der Waals surface area (Å²) in [5, 5.41) is 20.6. The highest BCUT2D eigenvalue weighted by Gasteiger charge is 2.27. The average Bonchev–Trinajstić information content (AvgIpc) is 1.54. The van der Waals surface area contributed by atoms with Gasteiger partial charge in [0.15, 0.2) is 0 Å². The molecule has 0 aliphatic carbocycles. The molecule has 0 saturated carbocycles. The summed E-state index contributed by atoms with van der Waals surface area (Å²) in [6.07, 6.45) is 0.915. The van der Waals surface area contributed by atoms with E-state index in [9.17, 15) is 0 Å². The van der Waals surface area contributed by atoms with E-state index in [4.69, 9.17) is 0 Å². The van der Waals surface area contributed by atoms with Gasteiger partial charge in [0, 0.05) is 43.1 Å². The van der Waals surface area contributed by atoms with Crippen molar-refractivity contribution in [2.75, 3.05) is 0 Å². The second kappa shape index (κ2) is 19.9. The Kier molecular flexibility index (Phi) is 11.9.